The van der Waals surface area contributed by atoms with E-state index >= 15 is 0 Å². The maximum atomic E-state index is 13.0. The van der Waals surface area contributed by atoms with Crippen molar-refractivity contribution in [1.82, 2.24) is 19.3 Å². The molecule has 7 nitrogen and oxygen atoms in total. The number of nitrogens with zero attached hydrogens (tertiary/aromatic N) is 4. The van der Waals surface area contributed by atoms with Crippen LogP contribution in [0.2, 0.25) is 0 Å². The number of benzene rings is 1. The van der Waals surface area contributed by atoms with Crippen molar-refractivity contribution in [1.29, 1.82) is 0 Å². The van der Waals surface area contributed by atoms with E-state index in [1.807, 2.05) is 29.8 Å². The third kappa shape index (κ3) is 4.75. The van der Waals surface area contributed by atoms with E-state index in [4.69, 9.17) is 4.98 Å². The van der Waals surface area contributed by atoms with Crippen LogP contribution in [0.4, 0.5) is 5.82 Å². The number of hydrogen-bond acceptors (Lipinski definition) is 5. The molecule has 30 heavy (non-hydrogen) atoms. The molecule has 0 spiro atoms. The van der Waals surface area contributed by atoms with Gasteiger partial charge in [0.15, 0.2) is 5.16 Å². The van der Waals surface area contributed by atoms with Crippen LogP contribution in [0.5, 0.6) is 0 Å². The Morgan fingerprint density at radius 1 is 1.20 bits per heavy atom. The first kappa shape index (κ1) is 22.1. The maximum Gasteiger partial charge on any atom is 0.262 e. The lowest BCUT2D eigenvalue weighted by Gasteiger charge is -2.18. The second-order valence-electron chi connectivity index (χ2n) is 7.39. The molecular formula is C22H29N5O2S. The van der Waals surface area contributed by atoms with E-state index in [2.05, 4.69) is 31.2 Å². The molecule has 3 aromatic rings. The molecular weight excluding hydrogens is 398 g/mol. The van der Waals surface area contributed by atoms with Gasteiger partial charge in [-0.2, -0.15) is 5.10 Å². The van der Waals surface area contributed by atoms with Gasteiger partial charge in [-0.1, -0.05) is 44.2 Å². The summed E-state index contributed by atoms with van der Waals surface area (Å²) in [6, 6.07) is 9.34. The zero-order valence-electron chi connectivity index (χ0n) is 18.0. The van der Waals surface area contributed by atoms with Gasteiger partial charge in [-0.25, -0.2) is 9.67 Å². The van der Waals surface area contributed by atoms with Gasteiger partial charge in [0, 0.05) is 12.6 Å². The van der Waals surface area contributed by atoms with Gasteiger partial charge < -0.3 is 5.32 Å². The minimum absolute atomic E-state index is 0.0565. The van der Waals surface area contributed by atoms with Crippen LogP contribution in [-0.2, 0) is 11.3 Å². The molecule has 3 rings (SSSR count). The molecule has 0 saturated heterocycles. The summed E-state index contributed by atoms with van der Waals surface area (Å²) in [5.74, 6) is 0.533. The number of aromatic nitrogens is 4. The van der Waals surface area contributed by atoms with Crippen molar-refractivity contribution in [2.45, 2.75) is 70.0 Å². The van der Waals surface area contributed by atoms with Gasteiger partial charge in [0.1, 0.15) is 5.82 Å². The standard InChI is InChI=1S/C22H29N5O2S/c1-5-7-14-26-21(29)17-10-8-9-11-18(17)24-22(26)30-16(4)20(28)25-19-12-13-23-27(19)15(3)6-2/h8-13,15-16H,5-7,14H2,1-4H3,(H,25,28)/t15-,16+/m1/s1. The zero-order valence-corrected chi connectivity index (χ0v) is 18.8. The number of carbonyl (C=O) groups excluding carboxylic acids is 1. The van der Waals surface area contributed by atoms with Crippen LogP contribution >= 0.6 is 11.8 Å². The summed E-state index contributed by atoms with van der Waals surface area (Å²) in [6.07, 6.45) is 4.45. The Kier molecular flexibility index (Phi) is 7.31. The van der Waals surface area contributed by atoms with Gasteiger partial charge in [-0.05, 0) is 38.8 Å². The topological polar surface area (TPSA) is 81.8 Å². The summed E-state index contributed by atoms with van der Waals surface area (Å²) >= 11 is 1.31. The number of anilines is 1. The Morgan fingerprint density at radius 2 is 1.97 bits per heavy atom. The van der Waals surface area contributed by atoms with E-state index in [1.165, 1.54) is 11.8 Å². The second-order valence-corrected chi connectivity index (χ2v) is 8.70. The lowest BCUT2D eigenvalue weighted by atomic mass is 10.2. The summed E-state index contributed by atoms with van der Waals surface area (Å²) in [5, 5.41) is 8.03. The highest BCUT2D eigenvalue weighted by molar-refractivity contribution is 8.00. The third-order valence-corrected chi connectivity index (χ3v) is 6.23. The van der Waals surface area contributed by atoms with Crippen molar-refractivity contribution in [2.24, 2.45) is 0 Å². The van der Waals surface area contributed by atoms with Crippen LogP contribution in [0, 0.1) is 0 Å². The smallest absolute Gasteiger partial charge is 0.262 e. The van der Waals surface area contributed by atoms with E-state index in [-0.39, 0.29) is 17.5 Å². The summed E-state index contributed by atoms with van der Waals surface area (Å²) in [4.78, 5) is 30.6. The van der Waals surface area contributed by atoms with E-state index < -0.39 is 5.25 Å². The highest BCUT2D eigenvalue weighted by atomic mass is 32.2. The average molecular weight is 428 g/mol. The lowest BCUT2D eigenvalue weighted by Crippen LogP contribution is -2.28. The van der Waals surface area contributed by atoms with Crippen LogP contribution in [0.25, 0.3) is 10.9 Å². The molecule has 1 N–H and O–H groups in total. The van der Waals surface area contributed by atoms with E-state index in [0.29, 0.717) is 28.4 Å². The largest absolute Gasteiger partial charge is 0.310 e. The van der Waals surface area contributed by atoms with Crippen LogP contribution in [0.1, 0.15) is 53.0 Å². The number of thioether (sulfide) groups is 1. The predicted molar refractivity (Wildman–Crippen MR) is 122 cm³/mol. The summed E-state index contributed by atoms with van der Waals surface area (Å²) < 4.78 is 3.52. The van der Waals surface area contributed by atoms with Gasteiger partial charge in [0.05, 0.1) is 28.4 Å². The molecule has 8 heteroatoms. The molecule has 0 aliphatic carbocycles. The zero-order chi connectivity index (χ0) is 21.7. The fourth-order valence-corrected chi connectivity index (χ4v) is 4.06. The molecule has 160 valence electrons. The minimum Gasteiger partial charge on any atom is -0.310 e. The number of rotatable bonds is 9. The number of nitrogens with one attached hydrogen (secondary N) is 1. The lowest BCUT2D eigenvalue weighted by molar-refractivity contribution is -0.115. The van der Waals surface area contributed by atoms with Gasteiger partial charge in [-0.15, -0.1) is 0 Å². The number of carbonyl (C=O) groups is 1. The monoisotopic (exact) mass is 427 g/mol. The van der Waals surface area contributed by atoms with E-state index in [0.717, 1.165) is 19.3 Å². The molecule has 0 bridgehead atoms. The number of unbranched alkanes of at least 4 members (excludes halogenated alkanes) is 1. The molecule has 2 heterocycles. The van der Waals surface area contributed by atoms with Crippen LogP contribution < -0.4 is 10.9 Å². The third-order valence-electron chi connectivity index (χ3n) is 5.14. The SMILES string of the molecule is CCCCn1c(S[C@@H](C)C(=O)Nc2ccnn2[C@H](C)CC)nc2ccccc2c1=O. The number of fused-ring (bicyclic) bond motifs is 1. The van der Waals surface area contributed by atoms with Crippen LogP contribution in [-0.4, -0.2) is 30.5 Å². The Bertz CT molecular complexity index is 1070. The van der Waals surface area contributed by atoms with Crippen molar-refractivity contribution in [2.75, 3.05) is 5.32 Å². The Labute approximate surface area is 180 Å². The first-order chi connectivity index (χ1) is 14.5. The Hall–Kier alpha value is -2.61. The molecule has 2 aromatic heterocycles. The van der Waals surface area contributed by atoms with Gasteiger partial charge >= 0.3 is 0 Å². The molecule has 1 amide bonds. The molecule has 1 aromatic carbocycles. The normalized spacial score (nSPS) is 13.3. The summed E-state index contributed by atoms with van der Waals surface area (Å²) in [7, 11) is 0. The Morgan fingerprint density at radius 3 is 2.70 bits per heavy atom. The maximum absolute atomic E-state index is 13.0. The fourth-order valence-electron chi connectivity index (χ4n) is 3.13. The first-order valence-corrected chi connectivity index (χ1v) is 11.3. The van der Waals surface area contributed by atoms with Crippen LogP contribution in [0.3, 0.4) is 0 Å². The second kappa shape index (κ2) is 9.93. The van der Waals surface area contributed by atoms with Crippen molar-refractivity contribution in [3.8, 4) is 0 Å². The average Bonchev–Trinajstić information content (AvgIpc) is 3.21. The van der Waals surface area contributed by atoms with Crippen molar-refractivity contribution in [3.63, 3.8) is 0 Å². The molecule has 0 saturated carbocycles. The molecule has 0 unspecified atom stereocenters. The van der Waals surface area contributed by atoms with Crippen molar-refractivity contribution in [3.05, 3.63) is 46.9 Å². The molecule has 0 radical (unpaired) electrons. The van der Waals surface area contributed by atoms with Crippen LogP contribution in [0.15, 0.2) is 46.5 Å². The quantitative estimate of drug-likeness (QED) is 0.402. The van der Waals surface area contributed by atoms with Crippen molar-refractivity contribution < 1.29 is 4.79 Å². The summed E-state index contributed by atoms with van der Waals surface area (Å²) in [5.41, 5.74) is 0.596. The predicted octanol–water partition coefficient (Wildman–Crippen LogP) is 4.48. The Balaban J connectivity index is 1.85. The molecule has 0 aliphatic rings. The highest BCUT2D eigenvalue weighted by Gasteiger charge is 2.21. The van der Waals surface area contributed by atoms with E-state index in [9.17, 15) is 9.59 Å². The molecule has 2 atom stereocenters. The summed E-state index contributed by atoms with van der Waals surface area (Å²) in [6.45, 7) is 8.65. The number of para-hydroxylation sites is 1. The van der Waals surface area contributed by atoms with Gasteiger partial charge in [-0.3, -0.25) is 14.2 Å². The highest BCUT2D eigenvalue weighted by Crippen LogP contribution is 2.25. The van der Waals surface area contributed by atoms with Crippen molar-refractivity contribution >= 4 is 34.4 Å². The van der Waals surface area contributed by atoms with Gasteiger partial charge in [0.2, 0.25) is 5.91 Å². The fraction of sp³-hybridized carbons (Fsp3) is 0.455. The molecule has 0 fully saturated rings. The molecule has 0 aliphatic heterocycles. The number of amides is 1. The number of hydrogen-bond donors (Lipinski definition) is 1. The van der Waals surface area contributed by atoms with E-state index in [1.54, 1.807) is 22.9 Å². The first-order valence-electron chi connectivity index (χ1n) is 10.5. The minimum atomic E-state index is -0.425. The van der Waals surface area contributed by atoms with Gasteiger partial charge in [0.25, 0.3) is 5.56 Å².